The monoisotopic (exact) mass is 395 g/mol. The van der Waals surface area contributed by atoms with Gasteiger partial charge in [0.25, 0.3) is 0 Å². The third kappa shape index (κ3) is 5.23. The van der Waals surface area contributed by atoms with Crippen molar-refractivity contribution in [3.05, 3.63) is 38.7 Å². The lowest BCUT2D eigenvalue weighted by Crippen LogP contribution is -2.27. The summed E-state index contributed by atoms with van der Waals surface area (Å²) >= 11 is 6.38. The largest absolute Gasteiger partial charge is 0.488 e. The fourth-order valence-corrected chi connectivity index (χ4v) is 3.21. The van der Waals surface area contributed by atoms with E-state index < -0.39 is 0 Å². The standard InChI is InChI=1S/C20H26ClNO5/c1-5-22(6-2)10-9-16-13(3)15-7-8-17(26-12-11-25-14(4)23)18(21)19(15)27-20(16)24/h7-8H,5-6,9-12H2,1-4H3. The van der Waals surface area contributed by atoms with Gasteiger partial charge in [-0.2, -0.15) is 0 Å². The lowest BCUT2D eigenvalue weighted by molar-refractivity contribution is -0.141. The van der Waals surface area contributed by atoms with Crippen molar-refractivity contribution in [3.8, 4) is 5.75 Å². The lowest BCUT2D eigenvalue weighted by atomic mass is 10.0. The number of carbonyl (C=O) groups excluding carboxylic acids is 1. The fraction of sp³-hybridized carbons (Fsp3) is 0.500. The van der Waals surface area contributed by atoms with Crippen molar-refractivity contribution in [2.45, 2.75) is 34.1 Å². The summed E-state index contributed by atoms with van der Waals surface area (Å²) in [6.07, 6.45) is 0.629. The summed E-state index contributed by atoms with van der Waals surface area (Å²) in [6, 6.07) is 3.57. The molecule has 7 heteroatoms. The summed E-state index contributed by atoms with van der Waals surface area (Å²) in [6.45, 7) is 10.4. The molecule has 0 radical (unpaired) electrons. The molecule has 27 heavy (non-hydrogen) atoms. The normalized spacial score (nSPS) is 11.2. The predicted molar refractivity (Wildman–Crippen MR) is 106 cm³/mol. The number of aryl methyl sites for hydroxylation is 1. The van der Waals surface area contributed by atoms with Crippen LogP contribution < -0.4 is 10.4 Å². The van der Waals surface area contributed by atoms with Gasteiger partial charge in [-0.05, 0) is 44.1 Å². The van der Waals surface area contributed by atoms with Crippen molar-refractivity contribution in [2.75, 3.05) is 32.8 Å². The molecule has 1 aromatic heterocycles. The number of hydrogen-bond acceptors (Lipinski definition) is 6. The molecule has 2 rings (SSSR count). The molecule has 1 aromatic carbocycles. The first kappa shape index (κ1) is 21.3. The van der Waals surface area contributed by atoms with Gasteiger partial charge in [0.1, 0.15) is 24.0 Å². The van der Waals surface area contributed by atoms with Crippen LogP contribution in [0.25, 0.3) is 11.0 Å². The third-order valence-corrected chi connectivity index (χ3v) is 4.94. The summed E-state index contributed by atoms with van der Waals surface area (Å²) in [5.74, 6) is 0.0110. The van der Waals surface area contributed by atoms with Crippen LogP contribution >= 0.6 is 11.6 Å². The minimum absolute atomic E-state index is 0.122. The summed E-state index contributed by atoms with van der Waals surface area (Å²) < 4.78 is 15.9. The highest BCUT2D eigenvalue weighted by molar-refractivity contribution is 6.36. The van der Waals surface area contributed by atoms with E-state index in [-0.39, 0.29) is 29.8 Å². The minimum Gasteiger partial charge on any atom is -0.488 e. The molecule has 0 bridgehead atoms. The van der Waals surface area contributed by atoms with Gasteiger partial charge < -0.3 is 18.8 Å². The summed E-state index contributed by atoms with van der Waals surface area (Å²) in [5, 5.41) is 1.03. The number of rotatable bonds is 9. The smallest absolute Gasteiger partial charge is 0.339 e. The van der Waals surface area contributed by atoms with Crippen molar-refractivity contribution in [3.63, 3.8) is 0 Å². The number of hydrogen-bond donors (Lipinski definition) is 0. The van der Waals surface area contributed by atoms with Crippen LogP contribution in [-0.2, 0) is 16.0 Å². The predicted octanol–water partition coefficient (Wildman–Crippen LogP) is 3.58. The molecule has 0 aliphatic rings. The molecule has 0 N–H and O–H groups in total. The quantitative estimate of drug-likeness (QED) is 0.367. The van der Waals surface area contributed by atoms with Crippen LogP contribution in [0.5, 0.6) is 5.75 Å². The average Bonchev–Trinajstić information content (AvgIpc) is 2.63. The van der Waals surface area contributed by atoms with Gasteiger partial charge in [-0.15, -0.1) is 0 Å². The first-order valence-electron chi connectivity index (χ1n) is 9.12. The van der Waals surface area contributed by atoms with Crippen molar-refractivity contribution < 1.29 is 18.7 Å². The maximum Gasteiger partial charge on any atom is 0.339 e. The molecule has 0 atom stereocenters. The van der Waals surface area contributed by atoms with Gasteiger partial charge in [-0.1, -0.05) is 25.4 Å². The van der Waals surface area contributed by atoms with Gasteiger partial charge in [0.15, 0.2) is 5.58 Å². The van der Waals surface area contributed by atoms with E-state index >= 15 is 0 Å². The molecule has 2 aromatic rings. The van der Waals surface area contributed by atoms with Gasteiger partial charge in [-0.3, -0.25) is 4.79 Å². The van der Waals surface area contributed by atoms with E-state index in [0.29, 0.717) is 23.3 Å². The zero-order valence-electron chi connectivity index (χ0n) is 16.3. The van der Waals surface area contributed by atoms with Gasteiger partial charge in [0.2, 0.25) is 0 Å². The second kappa shape index (κ2) is 9.76. The molecule has 0 saturated heterocycles. The number of likely N-dealkylation sites (N-methyl/N-ethyl adjacent to an activating group) is 1. The van der Waals surface area contributed by atoms with E-state index in [9.17, 15) is 9.59 Å². The Hall–Kier alpha value is -2.05. The van der Waals surface area contributed by atoms with Crippen LogP contribution in [0, 0.1) is 6.92 Å². The van der Waals surface area contributed by atoms with Crippen molar-refractivity contribution in [2.24, 2.45) is 0 Å². The molecule has 0 fully saturated rings. The molecule has 0 aliphatic heterocycles. The Labute approximate surface area is 164 Å². The molecule has 1 heterocycles. The number of esters is 1. The SMILES string of the molecule is CCN(CC)CCc1c(C)c2ccc(OCCOC(C)=O)c(Cl)c2oc1=O. The molecule has 0 amide bonds. The maximum absolute atomic E-state index is 12.5. The van der Waals surface area contributed by atoms with E-state index in [0.717, 1.165) is 30.6 Å². The topological polar surface area (TPSA) is 69.0 Å². The Kier molecular flexibility index (Phi) is 7.68. The number of nitrogens with zero attached hydrogens (tertiary/aromatic N) is 1. The van der Waals surface area contributed by atoms with Crippen molar-refractivity contribution in [1.82, 2.24) is 4.90 Å². The first-order valence-corrected chi connectivity index (χ1v) is 9.50. The van der Waals surface area contributed by atoms with E-state index in [2.05, 4.69) is 18.7 Å². The van der Waals surface area contributed by atoms with Crippen LogP contribution in [-0.4, -0.2) is 43.7 Å². The fourth-order valence-electron chi connectivity index (χ4n) is 2.95. The molecule has 6 nitrogen and oxygen atoms in total. The summed E-state index contributed by atoms with van der Waals surface area (Å²) in [5.41, 5.74) is 1.50. The molecular formula is C20H26ClNO5. The Morgan fingerprint density at radius 1 is 1.22 bits per heavy atom. The number of fused-ring (bicyclic) bond motifs is 1. The Morgan fingerprint density at radius 2 is 1.93 bits per heavy atom. The van der Waals surface area contributed by atoms with E-state index in [1.165, 1.54) is 6.92 Å². The molecule has 0 saturated carbocycles. The highest BCUT2D eigenvalue weighted by atomic mass is 35.5. The minimum atomic E-state index is -0.373. The van der Waals surface area contributed by atoms with Gasteiger partial charge in [0, 0.05) is 24.4 Å². The van der Waals surface area contributed by atoms with Crippen LogP contribution in [0.3, 0.4) is 0 Å². The lowest BCUT2D eigenvalue weighted by Gasteiger charge is -2.18. The summed E-state index contributed by atoms with van der Waals surface area (Å²) in [4.78, 5) is 25.5. The van der Waals surface area contributed by atoms with Crippen LogP contribution in [0.1, 0.15) is 31.9 Å². The summed E-state index contributed by atoms with van der Waals surface area (Å²) in [7, 11) is 0. The van der Waals surface area contributed by atoms with Crippen LogP contribution in [0.15, 0.2) is 21.3 Å². The van der Waals surface area contributed by atoms with Crippen molar-refractivity contribution in [1.29, 1.82) is 0 Å². The molecule has 0 spiro atoms. The Balaban J connectivity index is 2.26. The molecule has 148 valence electrons. The average molecular weight is 396 g/mol. The van der Waals surface area contributed by atoms with Gasteiger partial charge in [-0.25, -0.2) is 4.79 Å². The van der Waals surface area contributed by atoms with Gasteiger partial charge in [0.05, 0.1) is 0 Å². The van der Waals surface area contributed by atoms with Crippen LogP contribution in [0.2, 0.25) is 5.02 Å². The second-order valence-corrected chi connectivity index (χ2v) is 6.59. The second-order valence-electron chi connectivity index (χ2n) is 6.21. The molecule has 0 aliphatic carbocycles. The third-order valence-electron chi connectivity index (χ3n) is 4.58. The molecule has 0 unspecified atom stereocenters. The van der Waals surface area contributed by atoms with E-state index in [1.54, 1.807) is 6.07 Å². The molecular weight excluding hydrogens is 370 g/mol. The number of benzene rings is 1. The Morgan fingerprint density at radius 3 is 2.56 bits per heavy atom. The van der Waals surface area contributed by atoms with E-state index in [1.807, 2.05) is 13.0 Å². The van der Waals surface area contributed by atoms with Crippen LogP contribution in [0.4, 0.5) is 0 Å². The Bertz CT molecular complexity index is 858. The van der Waals surface area contributed by atoms with E-state index in [4.69, 9.17) is 25.5 Å². The zero-order chi connectivity index (χ0) is 20.0. The number of carbonyl (C=O) groups is 1. The van der Waals surface area contributed by atoms with Crippen molar-refractivity contribution >= 4 is 28.5 Å². The number of ether oxygens (including phenoxy) is 2. The highest BCUT2D eigenvalue weighted by Gasteiger charge is 2.17. The number of halogens is 1. The maximum atomic E-state index is 12.5. The first-order chi connectivity index (χ1) is 12.9. The zero-order valence-corrected chi connectivity index (χ0v) is 17.0. The highest BCUT2D eigenvalue weighted by Crippen LogP contribution is 2.34. The van der Waals surface area contributed by atoms with Gasteiger partial charge >= 0.3 is 11.6 Å².